The molecule has 4 amide bonds. The highest BCUT2D eigenvalue weighted by Crippen LogP contribution is 2.31. The lowest BCUT2D eigenvalue weighted by Gasteiger charge is -2.54. The van der Waals surface area contributed by atoms with Crippen molar-refractivity contribution in [1.29, 1.82) is 0 Å². The number of rotatable bonds is 3. The monoisotopic (exact) mass is 640 g/mol. The Balaban J connectivity index is 1.70. The fourth-order valence-electron chi connectivity index (χ4n) is 5.97. The zero-order chi connectivity index (χ0) is 33.8. The van der Waals surface area contributed by atoms with Crippen LogP contribution in [0.3, 0.4) is 0 Å². The molecule has 1 fully saturated rings. The van der Waals surface area contributed by atoms with Crippen molar-refractivity contribution in [3.05, 3.63) is 65.5 Å². The number of quaternary nitrogens is 1. The van der Waals surface area contributed by atoms with E-state index in [2.05, 4.69) is 0 Å². The number of likely N-dealkylation sites (N-methyl/N-ethyl adjacent to an activating group) is 2. The van der Waals surface area contributed by atoms with Gasteiger partial charge in [-0.15, -0.1) is 0 Å². The maximum atomic E-state index is 14.5. The molecule has 4 rings (SSSR count). The number of hydrogen-bond donors (Lipinski definition) is 0. The molecule has 2 aliphatic rings. The zero-order valence-corrected chi connectivity index (χ0v) is 26.9. The second-order valence-electron chi connectivity index (χ2n) is 12.8. The first-order chi connectivity index (χ1) is 21.6. The van der Waals surface area contributed by atoms with Crippen molar-refractivity contribution >= 4 is 29.8 Å². The van der Waals surface area contributed by atoms with Crippen LogP contribution in [-0.4, -0.2) is 113 Å². The van der Waals surface area contributed by atoms with E-state index in [0.29, 0.717) is 0 Å². The lowest BCUT2D eigenvalue weighted by Crippen LogP contribution is -2.76. The number of hydrogen-bond acceptors (Lipinski definition) is 8. The summed E-state index contributed by atoms with van der Waals surface area (Å²) in [5.74, 6) is -3.12. The van der Waals surface area contributed by atoms with Gasteiger partial charge in [0.25, 0.3) is 12.0 Å². The normalized spacial score (nSPS) is 23.4. The first-order valence-corrected chi connectivity index (χ1v) is 15.2. The van der Waals surface area contributed by atoms with Gasteiger partial charge in [0.05, 0.1) is 24.2 Å². The molecule has 0 spiro atoms. The minimum Gasteiger partial charge on any atom is -0.498 e. The summed E-state index contributed by atoms with van der Waals surface area (Å²) < 4.78 is 25.7. The summed E-state index contributed by atoms with van der Waals surface area (Å²) in [7, 11) is 2.82. The van der Waals surface area contributed by atoms with Crippen LogP contribution in [0.1, 0.15) is 49.5 Å². The van der Waals surface area contributed by atoms with Gasteiger partial charge in [0.2, 0.25) is 11.8 Å². The molecule has 1 unspecified atom stereocenters. The summed E-state index contributed by atoms with van der Waals surface area (Å²) in [6.07, 6.45) is -1.62. The summed E-state index contributed by atoms with van der Waals surface area (Å²) in [6, 6.07) is 10.3. The summed E-state index contributed by atoms with van der Waals surface area (Å²) in [4.78, 5) is 70.3. The molecule has 0 aromatic heterocycles. The highest BCUT2D eigenvalue weighted by Gasteiger charge is 2.50. The standard InChI is InChI=1S/C33H41FN4O8/c1-33(2,3)38(32(43)44)16-15-37-24(19-38)21-45-27-13-11-23(34)17-25(27)30(41)36(5)26(12-14-28(39)35(4)18-29(37)40)31(42)46-20-22-9-7-6-8-10-22/h6-11,13,17,24,26H,12,14-16,18-21H2,1-5H3/t24-,26-,38?/m0/s1. The third kappa shape index (κ3) is 7.30. The van der Waals surface area contributed by atoms with Crippen molar-refractivity contribution < 1.29 is 47.4 Å². The van der Waals surface area contributed by atoms with Crippen LogP contribution >= 0.6 is 0 Å². The number of benzene rings is 2. The quantitative estimate of drug-likeness (QED) is 0.366. The number of carbonyl (C=O) groups excluding carboxylic acids is 5. The van der Waals surface area contributed by atoms with E-state index in [4.69, 9.17) is 9.47 Å². The molecule has 0 saturated carbocycles. The molecule has 2 aromatic carbocycles. The van der Waals surface area contributed by atoms with Gasteiger partial charge in [0.15, 0.2) is 0 Å². The first-order valence-electron chi connectivity index (χ1n) is 15.2. The average molecular weight is 641 g/mol. The van der Waals surface area contributed by atoms with E-state index in [9.17, 15) is 33.5 Å². The Morgan fingerprint density at radius 2 is 1.76 bits per heavy atom. The minimum absolute atomic E-state index is 0.0157. The predicted molar refractivity (Wildman–Crippen MR) is 162 cm³/mol. The van der Waals surface area contributed by atoms with Crippen molar-refractivity contribution in [3.8, 4) is 5.75 Å². The smallest absolute Gasteiger partial charge is 0.329 e. The van der Waals surface area contributed by atoms with Crippen LogP contribution in [0.2, 0.25) is 0 Å². The number of esters is 1. The summed E-state index contributed by atoms with van der Waals surface area (Å²) >= 11 is 0. The van der Waals surface area contributed by atoms with Gasteiger partial charge in [-0.2, -0.15) is 0 Å². The largest absolute Gasteiger partial charge is 0.498 e. The molecule has 3 atom stereocenters. The van der Waals surface area contributed by atoms with Crippen LogP contribution in [0, 0.1) is 5.82 Å². The summed E-state index contributed by atoms with van der Waals surface area (Å²) in [5.41, 5.74) is -0.255. The van der Waals surface area contributed by atoms with Gasteiger partial charge in [-0.05, 0) is 51.0 Å². The number of carboxylic acid groups (broad SMARTS) is 1. The van der Waals surface area contributed by atoms with Crippen LogP contribution < -0.4 is 9.84 Å². The maximum absolute atomic E-state index is 14.5. The molecule has 0 bridgehead atoms. The van der Waals surface area contributed by atoms with E-state index in [-0.39, 0.29) is 63.5 Å². The lowest BCUT2D eigenvalue weighted by atomic mass is 9.97. The van der Waals surface area contributed by atoms with E-state index in [1.165, 1.54) is 30.0 Å². The second kappa shape index (κ2) is 13.9. The van der Waals surface area contributed by atoms with Crippen molar-refractivity contribution in [2.75, 3.05) is 46.9 Å². The number of ether oxygens (including phenoxy) is 2. The van der Waals surface area contributed by atoms with Crippen molar-refractivity contribution in [2.45, 2.75) is 57.8 Å². The topological polar surface area (TPSA) is 137 Å². The molecule has 0 N–H and O–H groups in total. The fraction of sp³-hybridized carbons (Fsp3) is 0.485. The Bertz CT molecular complexity index is 1480. The number of amides is 4. The highest BCUT2D eigenvalue weighted by atomic mass is 19.1. The summed E-state index contributed by atoms with van der Waals surface area (Å²) in [5, 5.41) is 12.5. The van der Waals surface area contributed by atoms with Gasteiger partial charge in [-0.25, -0.2) is 9.18 Å². The molecule has 2 aliphatic heterocycles. The van der Waals surface area contributed by atoms with Crippen LogP contribution in [0.5, 0.6) is 5.75 Å². The maximum Gasteiger partial charge on any atom is 0.329 e. The SMILES string of the molecule is CN1CC(=O)N2CC[N+](C(=O)[O-])(C(C)(C)C)C[C@H]2COc2ccc(F)cc2C(=O)N(C)[C@H](C(=O)OCc2ccccc2)CCC1=O. The van der Waals surface area contributed by atoms with Crippen LogP contribution in [0.4, 0.5) is 9.18 Å². The first kappa shape index (κ1) is 34.4. The van der Waals surface area contributed by atoms with Gasteiger partial charge >= 0.3 is 5.97 Å². The molecule has 1 saturated heterocycles. The van der Waals surface area contributed by atoms with E-state index in [1.54, 1.807) is 45.0 Å². The molecule has 2 aromatic rings. The number of piperazine rings is 1. The van der Waals surface area contributed by atoms with Crippen LogP contribution in [0.15, 0.2) is 48.5 Å². The van der Waals surface area contributed by atoms with Crippen LogP contribution in [0.25, 0.3) is 0 Å². The van der Waals surface area contributed by atoms with E-state index in [0.717, 1.165) is 22.6 Å². The van der Waals surface area contributed by atoms with Crippen molar-refractivity contribution in [3.63, 3.8) is 0 Å². The molecular weight excluding hydrogens is 599 g/mol. The van der Waals surface area contributed by atoms with E-state index in [1.807, 2.05) is 6.07 Å². The predicted octanol–water partition coefficient (Wildman–Crippen LogP) is 1.81. The number of halogens is 1. The zero-order valence-electron chi connectivity index (χ0n) is 26.9. The molecule has 12 nitrogen and oxygen atoms in total. The molecule has 248 valence electrons. The number of fused-ring (bicyclic) bond motifs is 2. The van der Waals surface area contributed by atoms with Gasteiger partial charge in [0.1, 0.15) is 50.0 Å². The van der Waals surface area contributed by atoms with E-state index < -0.39 is 57.7 Å². The molecule has 0 radical (unpaired) electrons. The Kier molecular flexibility index (Phi) is 10.3. The lowest BCUT2D eigenvalue weighted by molar-refractivity contribution is -0.925. The van der Waals surface area contributed by atoms with Gasteiger partial charge in [-0.1, -0.05) is 30.3 Å². The molecule has 13 heteroatoms. The molecule has 2 heterocycles. The third-order valence-electron chi connectivity index (χ3n) is 8.96. The summed E-state index contributed by atoms with van der Waals surface area (Å²) in [6.45, 7) is 4.79. The number of nitrogens with zero attached hydrogens (tertiary/aromatic N) is 4. The molecule has 0 aliphatic carbocycles. The fourth-order valence-corrected chi connectivity index (χ4v) is 5.97. The van der Waals surface area contributed by atoms with Gasteiger partial charge in [0, 0.05) is 20.5 Å². The van der Waals surface area contributed by atoms with E-state index >= 15 is 0 Å². The Hall–Kier alpha value is -4.52. The average Bonchev–Trinajstić information content (AvgIpc) is 3.01. The Morgan fingerprint density at radius 3 is 2.41 bits per heavy atom. The van der Waals surface area contributed by atoms with Crippen LogP contribution in [-0.2, 0) is 25.7 Å². The molecular formula is C33H41FN4O8. The third-order valence-corrected chi connectivity index (χ3v) is 8.96. The Morgan fingerprint density at radius 1 is 1.07 bits per heavy atom. The Labute approximate surface area is 267 Å². The molecule has 46 heavy (non-hydrogen) atoms. The minimum atomic E-state index is -1.30. The second-order valence-corrected chi connectivity index (χ2v) is 12.8. The van der Waals surface area contributed by atoms with Gasteiger partial charge < -0.3 is 34.1 Å². The highest BCUT2D eigenvalue weighted by molar-refractivity contribution is 5.99. The van der Waals surface area contributed by atoms with Crippen molar-refractivity contribution in [1.82, 2.24) is 14.7 Å². The van der Waals surface area contributed by atoms with Gasteiger partial charge in [-0.3, -0.25) is 18.9 Å². The van der Waals surface area contributed by atoms with Crippen molar-refractivity contribution in [2.24, 2.45) is 0 Å². The number of carbonyl (C=O) groups is 5.